The first kappa shape index (κ1) is 14.7. The number of nitrogens with zero attached hydrogens (tertiary/aromatic N) is 1. The molecule has 0 aromatic heterocycles. The molecule has 6 heteroatoms. The first-order valence-electron chi connectivity index (χ1n) is 7.28. The molecule has 1 aromatic rings. The smallest absolute Gasteiger partial charge is 0.231 e. The van der Waals surface area contributed by atoms with E-state index in [9.17, 15) is 8.42 Å². The van der Waals surface area contributed by atoms with Gasteiger partial charge < -0.3 is 9.47 Å². The molecule has 2 aliphatic heterocycles. The minimum Gasteiger partial charge on any atom is -0.454 e. The fourth-order valence-electron chi connectivity index (χ4n) is 3.16. The fourth-order valence-corrected chi connectivity index (χ4v) is 4.28. The van der Waals surface area contributed by atoms with Crippen LogP contribution >= 0.6 is 0 Å². The van der Waals surface area contributed by atoms with Gasteiger partial charge in [0.2, 0.25) is 6.79 Å². The second-order valence-corrected chi connectivity index (χ2v) is 8.21. The van der Waals surface area contributed by atoms with Crippen LogP contribution in [-0.4, -0.2) is 45.2 Å². The van der Waals surface area contributed by atoms with Gasteiger partial charge in [-0.1, -0.05) is 6.07 Å². The van der Waals surface area contributed by atoms with Crippen molar-refractivity contribution in [1.82, 2.24) is 4.90 Å². The summed E-state index contributed by atoms with van der Waals surface area (Å²) in [6.07, 6.45) is 3.39. The standard InChI is InChI=1S/C15H21NO4S/c1-21(17,18)10-13-3-2-6-16(9-13)8-12-4-5-14-15(7-12)20-11-19-14/h4-5,7,13H,2-3,6,8-11H2,1H3. The van der Waals surface area contributed by atoms with E-state index >= 15 is 0 Å². The Bertz CT molecular complexity index is 614. The minimum atomic E-state index is -2.89. The summed E-state index contributed by atoms with van der Waals surface area (Å²) in [6.45, 7) is 2.99. The molecule has 0 amide bonds. The van der Waals surface area contributed by atoms with Gasteiger partial charge in [-0.2, -0.15) is 0 Å². The summed E-state index contributed by atoms with van der Waals surface area (Å²) in [4.78, 5) is 2.33. The van der Waals surface area contributed by atoms with E-state index in [0.717, 1.165) is 44.0 Å². The molecular weight excluding hydrogens is 290 g/mol. The van der Waals surface area contributed by atoms with Crippen molar-refractivity contribution in [2.75, 3.05) is 31.9 Å². The summed E-state index contributed by atoms with van der Waals surface area (Å²) in [5.74, 6) is 2.15. The maximum absolute atomic E-state index is 11.4. The normalized spacial score (nSPS) is 22.4. The molecule has 0 saturated carbocycles. The number of benzene rings is 1. The fraction of sp³-hybridized carbons (Fsp3) is 0.600. The average Bonchev–Trinajstić information content (AvgIpc) is 2.84. The Morgan fingerprint density at radius 1 is 1.29 bits per heavy atom. The maximum atomic E-state index is 11.4. The lowest BCUT2D eigenvalue weighted by Crippen LogP contribution is -2.37. The molecule has 1 fully saturated rings. The number of sulfone groups is 1. The Hall–Kier alpha value is -1.27. The SMILES string of the molecule is CS(=O)(=O)CC1CCCN(Cc2ccc3c(c2)OCO3)C1. The highest BCUT2D eigenvalue weighted by Gasteiger charge is 2.23. The van der Waals surface area contributed by atoms with Crippen LogP contribution in [0.15, 0.2) is 18.2 Å². The summed E-state index contributed by atoms with van der Waals surface area (Å²) in [6, 6.07) is 6.01. The minimum absolute atomic E-state index is 0.253. The first-order chi connectivity index (χ1) is 9.99. The molecule has 3 rings (SSSR count). The molecule has 0 bridgehead atoms. The van der Waals surface area contributed by atoms with Crippen molar-refractivity contribution in [2.45, 2.75) is 19.4 Å². The molecule has 0 N–H and O–H groups in total. The van der Waals surface area contributed by atoms with Crippen LogP contribution < -0.4 is 9.47 Å². The quantitative estimate of drug-likeness (QED) is 0.846. The van der Waals surface area contributed by atoms with E-state index in [-0.39, 0.29) is 5.92 Å². The van der Waals surface area contributed by atoms with Crippen molar-refractivity contribution in [2.24, 2.45) is 5.92 Å². The molecule has 21 heavy (non-hydrogen) atoms. The van der Waals surface area contributed by atoms with Gasteiger partial charge in [-0.3, -0.25) is 4.90 Å². The van der Waals surface area contributed by atoms with Crippen molar-refractivity contribution in [3.05, 3.63) is 23.8 Å². The number of piperidine rings is 1. The van der Waals surface area contributed by atoms with E-state index in [1.807, 2.05) is 18.2 Å². The highest BCUT2D eigenvalue weighted by Crippen LogP contribution is 2.33. The maximum Gasteiger partial charge on any atom is 0.231 e. The van der Waals surface area contributed by atoms with Crippen molar-refractivity contribution in [1.29, 1.82) is 0 Å². The molecule has 1 unspecified atom stereocenters. The van der Waals surface area contributed by atoms with Crippen LogP contribution in [0.2, 0.25) is 0 Å². The summed E-state index contributed by atoms with van der Waals surface area (Å²) in [5, 5.41) is 0. The van der Waals surface area contributed by atoms with Gasteiger partial charge in [0.05, 0.1) is 5.75 Å². The molecule has 5 nitrogen and oxygen atoms in total. The zero-order valence-electron chi connectivity index (χ0n) is 12.2. The Morgan fingerprint density at radius 2 is 2.10 bits per heavy atom. The highest BCUT2D eigenvalue weighted by molar-refractivity contribution is 7.90. The van der Waals surface area contributed by atoms with Crippen molar-refractivity contribution < 1.29 is 17.9 Å². The monoisotopic (exact) mass is 311 g/mol. The molecule has 1 saturated heterocycles. The highest BCUT2D eigenvalue weighted by atomic mass is 32.2. The molecule has 2 heterocycles. The third-order valence-corrected chi connectivity index (χ3v) is 5.06. The zero-order valence-corrected chi connectivity index (χ0v) is 13.1. The number of rotatable bonds is 4. The first-order valence-corrected chi connectivity index (χ1v) is 9.34. The Kier molecular flexibility index (Phi) is 4.08. The molecule has 0 aliphatic carbocycles. The molecule has 1 aromatic carbocycles. The topological polar surface area (TPSA) is 55.8 Å². The van der Waals surface area contributed by atoms with E-state index in [1.165, 1.54) is 11.8 Å². The lowest BCUT2D eigenvalue weighted by atomic mass is 9.99. The number of hydrogen-bond acceptors (Lipinski definition) is 5. The van der Waals surface area contributed by atoms with Crippen LogP contribution in [0.3, 0.4) is 0 Å². The average molecular weight is 311 g/mol. The summed E-state index contributed by atoms with van der Waals surface area (Å²) in [5.41, 5.74) is 1.18. The van der Waals surface area contributed by atoms with E-state index in [2.05, 4.69) is 4.90 Å². The second-order valence-electron chi connectivity index (χ2n) is 6.02. The summed E-state index contributed by atoms with van der Waals surface area (Å²) >= 11 is 0. The van der Waals surface area contributed by atoms with Gasteiger partial charge in [0.15, 0.2) is 11.5 Å². The number of fused-ring (bicyclic) bond motifs is 1. The lowest BCUT2D eigenvalue weighted by Gasteiger charge is -2.32. The van der Waals surface area contributed by atoms with Gasteiger partial charge in [0.25, 0.3) is 0 Å². The molecular formula is C15H21NO4S. The van der Waals surface area contributed by atoms with Crippen LogP contribution in [0.25, 0.3) is 0 Å². The second kappa shape index (κ2) is 5.85. The zero-order chi connectivity index (χ0) is 14.9. The number of likely N-dealkylation sites (tertiary alicyclic amines) is 1. The van der Waals surface area contributed by atoms with Crippen LogP contribution in [0.1, 0.15) is 18.4 Å². The summed E-state index contributed by atoms with van der Waals surface area (Å²) < 4.78 is 33.6. The molecule has 2 aliphatic rings. The third-order valence-electron chi connectivity index (χ3n) is 3.98. The number of ether oxygens (including phenoxy) is 2. The van der Waals surface area contributed by atoms with E-state index in [0.29, 0.717) is 12.5 Å². The molecule has 1 atom stereocenters. The number of hydrogen-bond donors (Lipinski definition) is 0. The van der Waals surface area contributed by atoms with Crippen LogP contribution in [0.5, 0.6) is 11.5 Å². The van der Waals surface area contributed by atoms with Gasteiger partial charge in [-0.05, 0) is 43.0 Å². The van der Waals surface area contributed by atoms with Crippen LogP contribution in [0.4, 0.5) is 0 Å². The Balaban J connectivity index is 1.62. The van der Waals surface area contributed by atoms with Crippen LogP contribution in [-0.2, 0) is 16.4 Å². The molecule has 0 spiro atoms. The van der Waals surface area contributed by atoms with Crippen molar-refractivity contribution in [3.63, 3.8) is 0 Å². The lowest BCUT2D eigenvalue weighted by molar-refractivity contribution is 0.173. The van der Waals surface area contributed by atoms with Gasteiger partial charge >= 0.3 is 0 Å². The van der Waals surface area contributed by atoms with Gasteiger partial charge in [-0.25, -0.2) is 8.42 Å². The molecule has 116 valence electrons. The van der Waals surface area contributed by atoms with Gasteiger partial charge in [0, 0.05) is 19.3 Å². The van der Waals surface area contributed by atoms with Crippen molar-refractivity contribution in [3.8, 4) is 11.5 Å². The van der Waals surface area contributed by atoms with Gasteiger partial charge in [-0.15, -0.1) is 0 Å². The van der Waals surface area contributed by atoms with E-state index < -0.39 is 9.84 Å². The van der Waals surface area contributed by atoms with Crippen molar-refractivity contribution >= 4 is 9.84 Å². The van der Waals surface area contributed by atoms with Crippen LogP contribution in [0, 0.1) is 5.92 Å². The largest absolute Gasteiger partial charge is 0.454 e. The van der Waals surface area contributed by atoms with E-state index in [4.69, 9.17) is 9.47 Å². The Morgan fingerprint density at radius 3 is 2.90 bits per heavy atom. The predicted octanol–water partition coefficient (Wildman–Crippen LogP) is 1.67. The molecule has 0 radical (unpaired) electrons. The Labute approximate surface area is 125 Å². The van der Waals surface area contributed by atoms with E-state index in [1.54, 1.807) is 0 Å². The summed E-state index contributed by atoms with van der Waals surface area (Å²) in [7, 11) is -2.89. The third kappa shape index (κ3) is 3.89. The van der Waals surface area contributed by atoms with Gasteiger partial charge in [0.1, 0.15) is 9.84 Å². The predicted molar refractivity (Wildman–Crippen MR) is 80.3 cm³/mol.